The number of amides is 1. The van der Waals surface area contributed by atoms with Crippen molar-refractivity contribution in [1.82, 2.24) is 16.0 Å². The lowest BCUT2D eigenvalue weighted by Crippen LogP contribution is -2.48. The Balaban J connectivity index is 0.00000441. The van der Waals surface area contributed by atoms with E-state index < -0.39 is 0 Å². The van der Waals surface area contributed by atoms with Crippen LogP contribution in [0.1, 0.15) is 33.3 Å². The topological polar surface area (TPSA) is 65.5 Å². The third kappa shape index (κ3) is 9.59. The van der Waals surface area contributed by atoms with Gasteiger partial charge in [0.15, 0.2) is 5.96 Å². The Hall–Kier alpha value is -1.31. The highest BCUT2D eigenvalue weighted by molar-refractivity contribution is 14.0. The van der Waals surface area contributed by atoms with Gasteiger partial charge in [-0.15, -0.1) is 24.0 Å². The largest absolute Gasteiger partial charge is 0.357 e. The number of guanidine groups is 1. The molecule has 0 heterocycles. The van der Waals surface area contributed by atoms with Crippen LogP contribution >= 0.6 is 24.0 Å². The van der Waals surface area contributed by atoms with E-state index in [9.17, 15) is 4.79 Å². The zero-order chi connectivity index (χ0) is 15.7. The zero-order valence-corrected chi connectivity index (χ0v) is 16.1. The summed E-state index contributed by atoms with van der Waals surface area (Å²) in [4.78, 5) is 16.1. The molecule has 124 valence electrons. The van der Waals surface area contributed by atoms with Crippen LogP contribution in [0.5, 0.6) is 0 Å². The number of benzene rings is 1. The molecule has 1 rings (SSSR count). The third-order valence-electron chi connectivity index (χ3n) is 2.55. The molecule has 0 radical (unpaired) electrons. The maximum Gasteiger partial charge on any atom is 0.242 e. The first-order valence-electron chi connectivity index (χ1n) is 7.28. The predicted molar refractivity (Wildman–Crippen MR) is 103 cm³/mol. The van der Waals surface area contributed by atoms with E-state index >= 15 is 0 Å². The molecule has 0 aliphatic heterocycles. The summed E-state index contributed by atoms with van der Waals surface area (Å²) in [6, 6.07) is 9.83. The Morgan fingerprint density at radius 1 is 1.14 bits per heavy atom. The van der Waals surface area contributed by atoms with Crippen LogP contribution in [0.15, 0.2) is 35.3 Å². The molecule has 0 fully saturated rings. The van der Waals surface area contributed by atoms with Gasteiger partial charge in [0.1, 0.15) is 6.54 Å². The average Bonchev–Trinajstić information content (AvgIpc) is 2.42. The highest BCUT2D eigenvalue weighted by Gasteiger charge is 2.12. The van der Waals surface area contributed by atoms with E-state index in [1.54, 1.807) is 0 Å². The molecule has 0 bridgehead atoms. The van der Waals surface area contributed by atoms with E-state index in [0.717, 1.165) is 12.1 Å². The van der Waals surface area contributed by atoms with Crippen molar-refractivity contribution in [1.29, 1.82) is 0 Å². The van der Waals surface area contributed by atoms with E-state index in [1.165, 1.54) is 0 Å². The summed E-state index contributed by atoms with van der Waals surface area (Å²) in [5, 5.41) is 9.23. The van der Waals surface area contributed by atoms with E-state index in [4.69, 9.17) is 0 Å². The molecule has 22 heavy (non-hydrogen) atoms. The molecular weight excluding hydrogens is 391 g/mol. The number of halogens is 1. The summed E-state index contributed by atoms with van der Waals surface area (Å²) in [6.07, 6.45) is 0. The van der Waals surface area contributed by atoms with Crippen molar-refractivity contribution in [2.45, 2.75) is 39.8 Å². The van der Waals surface area contributed by atoms with E-state index in [0.29, 0.717) is 12.5 Å². The van der Waals surface area contributed by atoms with Gasteiger partial charge in [-0.2, -0.15) is 0 Å². The Labute approximate surface area is 150 Å². The summed E-state index contributed by atoms with van der Waals surface area (Å²) in [6.45, 7) is 9.54. The summed E-state index contributed by atoms with van der Waals surface area (Å²) in [7, 11) is 0. The normalized spacial score (nSPS) is 11.4. The first-order chi connectivity index (χ1) is 9.90. The number of rotatable bonds is 5. The second-order valence-electron chi connectivity index (χ2n) is 5.83. The number of nitrogens with one attached hydrogen (secondary N) is 3. The van der Waals surface area contributed by atoms with Crippen molar-refractivity contribution >= 4 is 35.8 Å². The molecule has 0 unspecified atom stereocenters. The van der Waals surface area contributed by atoms with Crippen LogP contribution in [-0.4, -0.2) is 30.5 Å². The van der Waals surface area contributed by atoms with Gasteiger partial charge in [0.25, 0.3) is 0 Å². The first-order valence-corrected chi connectivity index (χ1v) is 7.28. The molecule has 1 aromatic carbocycles. The lowest BCUT2D eigenvalue weighted by atomic mass is 10.1. The fraction of sp³-hybridized carbons (Fsp3) is 0.500. The lowest BCUT2D eigenvalue weighted by Gasteiger charge is -2.23. The molecule has 6 heteroatoms. The second-order valence-corrected chi connectivity index (χ2v) is 5.83. The molecule has 0 atom stereocenters. The van der Waals surface area contributed by atoms with Gasteiger partial charge in [0.05, 0.1) is 0 Å². The Morgan fingerprint density at radius 3 is 2.32 bits per heavy atom. The molecule has 0 spiro atoms. The number of hydrogen-bond acceptors (Lipinski definition) is 2. The molecule has 0 aromatic heterocycles. The Morgan fingerprint density at radius 2 is 1.77 bits per heavy atom. The molecule has 3 N–H and O–H groups in total. The Kier molecular flexibility index (Phi) is 9.80. The van der Waals surface area contributed by atoms with Crippen molar-refractivity contribution in [3.05, 3.63) is 35.9 Å². The molecule has 0 aliphatic rings. The van der Waals surface area contributed by atoms with Crippen molar-refractivity contribution in [3.8, 4) is 0 Å². The first kappa shape index (κ1) is 20.7. The molecule has 0 aliphatic carbocycles. The van der Waals surface area contributed by atoms with Crippen LogP contribution in [0.2, 0.25) is 0 Å². The van der Waals surface area contributed by atoms with Gasteiger partial charge >= 0.3 is 0 Å². The molecule has 0 saturated heterocycles. The summed E-state index contributed by atoms with van der Waals surface area (Å²) < 4.78 is 0. The van der Waals surface area contributed by atoms with Crippen molar-refractivity contribution < 1.29 is 4.79 Å². The van der Waals surface area contributed by atoms with Crippen molar-refractivity contribution in [2.75, 3.05) is 13.1 Å². The predicted octanol–water partition coefficient (Wildman–Crippen LogP) is 2.27. The smallest absolute Gasteiger partial charge is 0.242 e. The number of nitrogens with zero attached hydrogens (tertiary/aromatic N) is 1. The van der Waals surface area contributed by atoms with Gasteiger partial charge in [-0.3, -0.25) is 4.79 Å². The van der Waals surface area contributed by atoms with Gasteiger partial charge in [-0.1, -0.05) is 30.3 Å². The van der Waals surface area contributed by atoms with Crippen molar-refractivity contribution in [3.63, 3.8) is 0 Å². The minimum atomic E-state index is -0.0957. The van der Waals surface area contributed by atoms with Crippen LogP contribution in [0.3, 0.4) is 0 Å². The lowest BCUT2D eigenvalue weighted by molar-refractivity contribution is -0.119. The number of aliphatic imine (C=N–C) groups is 1. The van der Waals surface area contributed by atoms with Crippen LogP contribution < -0.4 is 16.0 Å². The highest BCUT2D eigenvalue weighted by atomic mass is 127. The summed E-state index contributed by atoms with van der Waals surface area (Å²) in [5.41, 5.74) is 0.983. The van der Waals surface area contributed by atoms with Crippen LogP contribution in [-0.2, 0) is 11.3 Å². The maximum absolute atomic E-state index is 11.8. The number of carbonyl (C=O) groups excluding carboxylic acids is 1. The summed E-state index contributed by atoms with van der Waals surface area (Å²) in [5.74, 6) is 0.560. The molecular formula is C16H27IN4O. The highest BCUT2D eigenvalue weighted by Crippen LogP contribution is 1.98. The van der Waals surface area contributed by atoms with E-state index in [-0.39, 0.29) is 42.0 Å². The maximum atomic E-state index is 11.8. The fourth-order valence-electron chi connectivity index (χ4n) is 1.67. The third-order valence-corrected chi connectivity index (χ3v) is 2.55. The average molecular weight is 418 g/mol. The zero-order valence-electron chi connectivity index (χ0n) is 13.8. The van der Waals surface area contributed by atoms with Crippen LogP contribution in [0.25, 0.3) is 0 Å². The van der Waals surface area contributed by atoms with Gasteiger partial charge in [0, 0.05) is 18.6 Å². The number of carbonyl (C=O) groups is 1. The quantitative estimate of drug-likeness (QED) is 0.391. The molecule has 5 nitrogen and oxygen atoms in total. The van der Waals surface area contributed by atoms with Crippen molar-refractivity contribution in [2.24, 2.45) is 4.99 Å². The summed E-state index contributed by atoms with van der Waals surface area (Å²) >= 11 is 0. The van der Waals surface area contributed by atoms with Crippen LogP contribution in [0.4, 0.5) is 0 Å². The van der Waals surface area contributed by atoms with Gasteiger partial charge < -0.3 is 16.0 Å². The minimum Gasteiger partial charge on any atom is -0.357 e. The van der Waals surface area contributed by atoms with E-state index in [2.05, 4.69) is 41.7 Å². The monoisotopic (exact) mass is 418 g/mol. The van der Waals surface area contributed by atoms with Crippen LogP contribution in [0, 0.1) is 0 Å². The molecule has 0 saturated carbocycles. The molecule has 1 amide bonds. The fourth-order valence-corrected chi connectivity index (χ4v) is 1.67. The van der Waals surface area contributed by atoms with E-state index in [1.807, 2.05) is 37.3 Å². The van der Waals surface area contributed by atoms with Gasteiger partial charge in [-0.05, 0) is 33.3 Å². The molecule has 1 aromatic rings. The Bertz CT molecular complexity index is 469. The standard InChI is InChI=1S/C16H26N4O.HI/c1-5-17-15(20-16(2,3)4)19-12-14(21)18-11-13-9-7-6-8-10-13;/h6-10H,5,11-12H2,1-4H3,(H,18,21)(H2,17,19,20);1H. The number of hydrogen-bond donors (Lipinski definition) is 3. The minimum absolute atomic E-state index is 0. The van der Waals surface area contributed by atoms with Gasteiger partial charge in [0.2, 0.25) is 5.91 Å². The van der Waals surface area contributed by atoms with Gasteiger partial charge in [-0.25, -0.2) is 4.99 Å². The second kappa shape index (κ2) is 10.4. The SMILES string of the molecule is CCNC(=NCC(=O)NCc1ccccc1)NC(C)(C)C.I.